The summed E-state index contributed by atoms with van der Waals surface area (Å²) in [4.78, 5) is 13.0. The number of carbonyl (C=O) groups is 1. The molecule has 0 saturated carbocycles. The number of rotatable bonds is 5. The van der Waals surface area contributed by atoms with E-state index < -0.39 is 11.6 Å². The molecule has 96 valence electrons. The monoisotopic (exact) mass is 252 g/mol. The first kappa shape index (κ1) is 14.1. The highest BCUT2D eigenvalue weighted by Gasteiger charge is 2.08. The van der Waals surface area contributed by atoms with E-state index in [2.05, 4.69) is 11.2 Å². The van der Waals surface area contributed by atoms with E-state index in [0.29, 0.717) is 12.1 Å². The Balaban J connectivity index is 2.49. The third kappa shape index (κ3) is 4.52. The number of carbonyl (C=O) groups excluding carboxylic acids is 1. The lowest BCUT2D eigenvalue weighted by atomic mass is 10.2. The van der Waals surface area contributed by atoms with Gasteiger partial charge in [-0.25, -0.2) is 8.78 Å². The Morgan fingerprint density at radius 3 is 2.78 bits per heavy atom. The zero-order valence-electron chi connectivity index (χ0n) is 10.0. The summed E-state index contributed by atoms with van der Waals surface area (Å²) in [7, 11) is 1.71. The summed E-state index contributed by atoms with van der Waals surface area (Å²) in [6, 6.07) is 3.66. The molecule has 1 aromatic carbocycles. The second kappa shape index (κ2) is 6.72. The predicted molar refractivity (Wildman–Crippen MR) is 64.5 cm³/mol. The summed E-state index contributed by atoms with van der Waals surface area (Å²) in [6.07, 6.45) is 5.01. The Bertz CT molecular complexity index is 469. The van der Waals surface area contributed by atoms with Gasteiger partial charge in [-0.2, -0.15) is 0 Å². The fourth-order valence-corrected chi connectivity index (χ4v) is 1.46. The van der Waals surface area contributed by atoms with Crippen LogP contribution in [-0.4, -0.2) is 30.9 Å². The van der Waals surface area contributed by atoms with Crippen LogP contribution in [-0.2, 0) is 11.3 Å². The highest BCUT2D eigenvalue weighted by Crippen LogP contribution is 2.10. The molecule has 1 N–H and O–H groups in total. The lowest BCUT2D eigenvalue weighted by Gasteiger charge is -2.15. The molecule has 5 heteroatoms. The maximum atomic E-state index is 13.0. The van der Waals surface area contributed by atoms with Gasteiger partial charge >= 0.3 is 0 Å². The van der Waals surface area contributed by atoms with Crippen molar-refractivity contribution in [3.8, 4) is 12.3 Å². The van der Waals surface area contributed by atoms with Gasteiger partial charge in [0.05, 0.1) is 13.1 Å². The molecule has 1 aromatic rings. The first-order valence-corrected chi connectivity index (χ1v) is 5.35. The molecule has 0 radical (unpaired) electrons. The fourth-order valence-electron chi connectivity index (χ4n) is 1.46. The first-order valence-electron chi connectivity index (χ1n) is 5.35. The van der Waals surface area contributed by atoms with Crippen molar-refractivity contribution >= 4 is 5.91 Å². The van der Waals surface area contributed by atoms with Crippen LogP contribution in [0.25, 0.3) is 0 Å². The van der Waals surface area contributed by atoms with Crippen LogP contribution in [0.3, 0.4) is 0 Å². The SMILES string of the molecule is C#CCNC(=O)CN(C)Cc1ccc(F)c(F)c1. The number of terminal acetylenes is 1. The van der Waals surface area contributed by atoms with Crippen molar-refractivity contribution in [1.29, 1.82) is 0 Å². The molecule has 0 aliphatic carbocycles. The number of amides is 1. The highest BCUT2D eigenvalue weighted by atomic mass is 19.2. The van der Waals surface area contributed by atoms with E-state index in [-0.39, 0.29) is 19.0 Å². The van der Waals surface area contributed by atoms with Crippen LogP contribution >= 0.6 is 0 Å². The molecule has 0 aliphatic heterocycles. The van der Waals surface area contributed by atoms with E-state index in [1.807, 2.05) is 0 Å². The molecule has 0 spiro atoms. The second-order valence-electron chi connectivity index (χ2n) is 3.90. The van der Waals surface area contributed by atoms with Gasteiger partial charge in [-0.15, -0.1) is 6.42 Å². The minimum absolute atomic E-state index is 0.140. The standard InChI is InChI=1S/C13H14F2N2O/c1-3-6-16-13(18)9-17(2)8-10-4-5-11(14)12(15)7-10/h1,4-5,7H,6,8-9H2,2H3,(H,16,18). The van der Waals surface area contributed by atoms with E-state index in [9.17, 15) is 13.6 Å². The number of likely N-dealkylation sites (N-methyl/N-ethyl adjacent to an activating group) is 1. The van der Waals surface area contributed by atoms with Crippen LogP contribution in [0.5, 0.6) is 0 Å². The van der Waals surface area contributed by atoms with Crippen LogP contribution in [0.1, 0.15) is 5.56 Å². The van der Waals surface area contributed by atoms with Gasteiger partial charge in [0.25, 0.3) is 0 Å². The molecular formula is C13H14F2N2O. The van der Waals surface area contributed by atoms with Gasteiger partial charge in [0.1, 0.15) is 0 Å². The van der Waals surface area contributed by atoms with E-state index in [4.69, 9.17) is 6.42 Å². The number of nitrogens with one attached hydrogen (secondary N) is 1. The van der Waals surface area contributed by atoms with Crippen LogP contribution in [0, 0.1) is 24.0 Å². The van der Waals surface area contributed by atoms with Crippen molar-refractivity contribution in [3.05, 3.63) is 35.4 Å². The summed E-state index contributed by atoms with van der Waals surface area (Å²) in [6.45, 7) is 0.666. The smallest absolute Gasteiger partial charge is 0.234 e. The molecule has 0 unspecified atom stereocenters. The second-order valence-corrected chi connectivity index (χ2v) is 3.90. The van der Waals surface area contributed by atoms with Crippen molar-refractivity contribution in [2.45, 2.75) is 6.54 Å². The van der Waals surface area contributed by atoms with E-state index in [0.717, 1.165) is 12.1 Å². The molecule has 0 aliphatic rings. The Labute approximate surface area is 105 Å². The third-order valence-electron chi connectivity index (χ3n) is 2.24. The predicted octanol–water partition coefficient (Wildman–Crippen LogP) is 1.15. The quantitative estimate of drug-likeness (QED) is 0.797. The summed E-state index contributed by atoms with van der Waals surface area (Å²) in [5.74, 6) is 0.311. The van der Waals surface area contributed by atoms with Crippen molar-refractivity contribution in [3.63, 3.8) is 0 Å². The van der Waals surface area contributed by atoms with E-state index in [1.54, 1.807) is 11.9 Å². The number of hydrogen-bond donors (Lipinski definition) is 1. The molecule has 3 nitrogen and oxygen atoms in total. The molecule has 0 bridgehead atoms. The van der Waals surface area contributed by atoms with Gasteiger partial charge in [-0.1, -0.05) is 12.0 Å². The van der Waals surface area contributed by atoms with Crippen molar-refractivity contribution < 1.29 is 13.6 Å². The average Bonchev–Trinajstić information content (AvgIpc) is 2.31. The number of hydrogen-bond acceptors (Lipinski definition) is 2. The third-order valence-corrected chi connectivity index (χ3v) is 2.24. The minimum Gasteiger partial charge on any atom is -0.344 e. The van der Waals surface area contributed by atoms with Gasteiger partial charge < -0.3 is 5.32 Å². The van der Waals surface area contributed by atoms with Crippen molar-refractivity contribution in [2.24, 2.45) is 0 Å². The maximum absolute atomic E-state index is 13.0. The number of benzene rings is 1. The molecule has 0 heterocycles. The normalized spacial score (nSPS) is 10.2. The van der Waals surface area contributed by atoms with Crippen molar-refractivity contribution in [1.82, 2.24) is 10.2 Å². The molecular weight excluding hydrogens is 238 g/mol. The van der Waals surface area contributed by atoms with Gasteiger partial charge in [-0.05, 0) is 24.7 Å². The molecule has 1 rings (SSSR count). The van der Waals surface area contributed by atoms with Gasteiger partial charge in [-0.3, -0.25) is 9.69 Å². The minimum atomic E-state index is -0.891. The number of nitrogens with zero attached hydrogens (tertiary/aromatic N) is 1. The van der Waals surface area contributed by atoms with Crippen LogP contribution < -0.4 is 5.32 Å². The Hall–Kier alpha value is -1.93. The first-order chi connectivity index (χ1) is 8.52. The zero-order chi connectivity index (χ0) is 13.5. The van der Waals surface area contributed by atoms with Gasteiger partial charge in [0, 0.05) is 6.54 Å². The van der Waals surface area contributed by atoms with Gasteiger partial charge in [0.15, 0.2) is 11.6 Å². The summed E-state index contributed by atoms with van der Waals surface area (Å²) >= 11 is 0. The Morgan fingerprint density at radius 1 is 1.44 bits per heavy atom. The average molecular weight is 252 g/mol. The van der Waals surface area contributed by atoms with Gasteiger partial charge in [0.2, 0.25) is 5.91 Å². The van der Waals surface area contributed by atoms with E-state index >= 15 is 0 Å². The molecule has 1 amide bonds. The zero-order valence-corrected chi connectivity index (χ0v) is 10.0. The van der Waals surface area contributed by atoms with Crippen LogP contribution in [0.15, 0.2) is 18.2 Å². The Morgan fingerprint density at radius 2 is 2.17 bits per heavy atom. The summed E-state index contributed by atoms with van der Waals surface area (Å²) < 4.78 is 25.7. The summed E-state index contributed by atoms with van der Waals surface area (Å²) in [5.41, 5.74) is 0.598. The molecule has 18 heavy (non-hydrogen) atoms. The molecule has 0 saturated heterocycles. The Kier molecular flexibility index (Phi) is 5.28. The highest BCUT2D eigenvalue weighted by molar-refractivity contribution is 5.78. The van der Waals surface area contributed by atoms with E-state index in [1.165, 1.54) is 6.07 Å². The van der Waals surface area contributed by atoms with Crippen LogP contribution in [0.2, 0.25) is 0 Å². The van der Waals surface area contributed by atoms with Crippen LogP contribution in [0.4, 0.5) is 8.78 Å². The topological polar surface area (TPSA) is 32.3 Å². The lowest BCUT2D eigenvalue weighted by molar-refractivity contribution is -0.121. The molecule has 0 aromatic heterocycles. The lowest BCUT2D eigenvalue weighted by Crippen LogP contribution is -2.35. The molecule has 0 fully saturated rings. The maximum Gasteiger partial charge on any atom is 0.234 e. The number of halogens is 2. The fraction of sp³-hybridized carbons (Fsp3) is 0.308. The molecule has 0 atom stereocenters. The summed E-state index contributed by atoms with van der Waals surface area (Å²) in [5, 5.41) is 2.52. The largest absolute Gasteiger partial charge is 0.344 e. The van der Waals surface area contributed by atoms with Crippen molar-refractivity contribution in [2.75, 3.05) is 20.1 Å².